The van der Waals surface area contributed by atoms with E-state index in [9.17, 15) is 9.59 Å². The van der Waals surface area contributed by atoms with Crippen LogP contribution in [-0.2, 0) is 29.2 Å². The molecule has 0 aliphatic heterocycles. The van der Waals surface area contributed by atoms with Gasteiger partial charge in [-0.05, 0) is 41.0 Å². The lowest BCUT2D eigenvalue weighted by molar-refractivity contribution is -0.142. The summed E-state index contributed by atoms with van der Waals surface area (Å²) in [7, 11) is 1.29. The quantitative estimate of drug-likeness (QED) is 0.302. The Kier molecular flexibility index (Phi) is 8.86. The first kappa shape index (κ1) is 25.4. The van der Waals surface area contributed by atoms with E-state index >= 15 is 0 Å². The summed E-state index contributed by atoms with van der Waals surface area (Å²) in [5.41, 5.74) is 3.17. The fourth-order valence-corrected chi connectivity index (χ4v) is 3.69. The molecule has 1 atom stereocenters. The van der Waals surface area contributed by atoms with E-state index in [1.54, 1.807) is 18.3 Å². The van der Waals surface area contributed by atoms with Crippen LogP contribution in [0, 0.1) is 0 Å². The zero-order valence-electron chi connectivity index (χ0n) is 20.5. The number of amides is 1. The number of rotatable bonds is 11. The standard InChI is InChI=1S/C30H28N2O5/c1-35-30(34)26(32-29(33)25-13-8-16-31-19-25)17-24-14-15-27(36-20-22-9-4-2-5-10-22)28(18-24)37-21-23-11-6-3-7-12-23/h2-16,18-19,26H,17,20-21H2,1H3,(H,32,33)/t26-/m0/s1. The molecule has 188 valence electrons. The lowest BCUT2D eigenvalue weighted by atomic mass is 10.0. The highest BCUT2D eigenvalue weighted by molar-refractivity contribution is 5.96. The highest BCUT2D eigenvalue weighted by atomic mass is 16.5. The summed E-state index contributed by atoms with van der Waals surface area (Å²) >= 11 is 0. The molecule has 0 unspecified atom stereocenters. The Morgan fingerprint density at radius 1 is 0.784 bits per heavy atom. The van der Waals surface area contributed by atoms with Crippen molar-refractivity contribution < 1.29 is 23.8 Å². The van der Waals surface area contributed by atoms with Gasteiger partial charge in [-0.15, -0.1) is 0 Å². The lowest BCUT2D eigenvalue weighted by Gasteiger charge is -2.18. The minimum atomic E-state index is -0.893. The van der Waals surface area contributed by atoms with Gasteiger partial charge in [0.05, 0.1) is 12.7 Å². The van der Waals surface area contributed by atoms with Crippen LogP contribution in [0.15, 0.2) is 103 Å². The maximum Gasteiger partial charge on any atom is 0.328 e. The number of carbonyl (C=O) groups excluding carboxylic acids is 2. The smallest absolute Gasteiger partial charge is 0.328 e. The van der Waals surface area contributed by atoms with Crippen LogP contribution in [0.25, 0.3) is 0 Å². The van der Waals surface area contributed by atoms with E-state index in [0.29, 0.717) is 30.3 Å². The van der Waals surface area contributed by atoms with E-state index in [1.165, 1.54) is 13.3 Å². The second-order valence-electron chi connectivity index (χ2n) is 8.32. The Balaban J connectivity index is 1.53. The third-order valence-electron chi connectivity index (χ3n) is 5.64. The van der Waals surface area contributed by atoms with E-state index in [1.807, 2.05) is 78.9 Å². The molecule has 7 heteroatoms. The summed E-state index contributed by atoms with van der Waals surface area (Å²) in [6.07, 6.45) is 3.23. The predicted molar refractivity (Wildman–Crippen MR) is 139 cm³/mol. The summed E-state index contributed by atoms with van der Waals surface area (Å²) < 4.78 is 17.1. The minimum absolute atomic E-state index is 0.208. The van der Waals surface area contributed by atoms with Gasteiger partial charge in [0.15, 0.2) is 11.5 Å². The van der Waals surface area contributed by atoms with Crippen LogP contribution in [0.2, 0.25) is 0 Å². The van der Waals surface area contributed by atoms with Crippen molar-refractivity contribution in [3.63, 3.8) is 0 Å². The lowest BCUT2D eigenvalue weighted by Crippen LogP contribution is -2.43. The van der Waals surface area contributed by atoms with Crippen LogP contribution in [0.4, 0.5) is 0 Å². The predicted octanol–water partition coefficient (Wildman–Crippen LogP) is 4.75. The first-order valence-corrected chi connectivity index (χ1v) is 11.9. The second kappa shape index (κ2) is 12.9. The molecule has 1 amide bonds. The third-order valence-corrected chi connectivity index (χ3v) is 5.64. The average molecular weight is 497 g/mol. The summed E-state index contributed by atoms with van der Waals surface area (Å²) in [6, 6.07) is 27.6. The van der Waals surface area contributed by atoms with Gasteiger partial charge in [0.1, 0.15) is 19.3 Å². The number of aromatic nitrogens is 1. The molecular weight excluding hydrogens is 468 g/mol. The molecule has 4 rings (SSSR count). The van der Waals surface area contributed by atoms with E-state index < -0.39 is 17.9 Å². The van der Waals surface area contributed by atoms with Crippen LogP contribution in [-0.4, -0.2) is 30.0 Å². The summed E-state index contributed by atoms with van der Waals surface area (Å²) in [4.78, 5) is 29.1. The number of ether oxygens (including phenoxy) is 3. The Labute approximate surface area is 216 Å². The molecule has 37 heavy (non-hydrogen) atoms. The van der Waals surface area contributed by atoms with Gasteiger partial charge in [-0.3, -0.25) is 9.78 Å². The molecule has 4 aromatic rings. The van der Waals surface area contributed by atoms with Gasteiger partial charge in [-0.1, -0.05) is 66.7 Å². The van der Waals surface area contributed by atoms with Crippen molar-refractivity contribution in [3.05, 3.63) is 126 Å². The van der Waals surface area contributed by atoms with Crippen LogP contribution in [0.5, 0.6) is 11.5 Å². The van der Waals surface area contributed by atoms with Gasteiger partial charge >= 0.3 is 5.97 Å². The number of benzene rings is 3. The van der Waals surface area contributed by atoms with Crippen LogP contribution in [0.3, 0.4) is 0 Å². The average Bonchev–Trinajstić information content (AvgIpc) is 2.96. The number of hydrogen-bond donors (Lipinski definition) is 1. The van der Waals surface area contributed by atoms with Crippen molar-refractivity contribution in [1.82, 2.24) is 10.3 Å². The number of carbonyl (C=O) groups is 2. The second-order valence-corrected chi connectivity index (χ2v) is 8.32. The van der Waals surface area contributed by atoms with E-state index in [2.05, 4.69) is 10.3 Å². The monoisotopic (exact) mass is 496 g/mol. The normalized spacial score (nSPS) is 11.3. The molecule has 7 nitrogen and oxygen atoms in total. The molecular formula is C30H28N2O5. The third kappa shape index (κ3) is 7.41. The molecule has 1 N–H and O–H groups in total. The van der Waals surface area contributed by atoms with Gasteiger partial charge in [0, 0.05) is 18.8 Å². The van der Waals surface area contributed by atoms with Crippen molar-refractivity contribution >= 4 is 11.9 Å². The maximum absolute atomic E-state index is 12.7. The highest BCUT2D eigenvalue weighted by Gasteiger charge is 2.23. The van der Waals surface area contributed by atoms with Crippen LogP contribution >= 0.6 is 0 Å². The number of esters is 1. The van der Waals surface area contributed by atoms with E-state index in [4.69, 9.17) is 14.2 Å². The SMILES string of the molecule is COC(=O)[C@H](Cc1ccc(OCc2ccccc2)c(OCc2ccccc2)c1)NC(=O)c1cccnc1. The zero-order chi connectivity index (χ0) is 25.9. The van der Waals surface area contributed by atoms with E-state index in [-0.39, 0.29) is 6.42 Å². The summed E-state index contributed by atoms with van der Waals surface area (Å²) in [5.74, 6) is 0.164. The van der Waals surface area contributed by atoms with Crippen molar-refractivity contribution in [2.24, 2.45) is 0 Å². The van der Waals surface area contributed by atoms with Crippen molar-refractivity contribution in [1.29, 1.82) is 0 Å². The molecule has 1 heterocycles. The number of nitrogens with zero attached hydrogens (tertiary/aromatic N) is 1. The topological polar surface area (TPSA) is 86.8 Å². The maximum atomic E-state index is 12.7. The summed E-state index contributed by atoms with van der Waals surface area (Å²) in [6.45, 7) is 0.734. The molecule has 0 aliphatic rings. The first-order chi connectivity index (χ1) is 18.1. The fraction of sp³-hybridized carbons (Fsp3) is 0.167. The van der Waals surface area contributed by atoms with Gasteiger partial charge in [0.2, 0.25) is 0 Å². The van der Waals surface area contributed by atoms with Crippen molar-refractivity contribution in [2.75, 3.05) is 7.11 Å². The largest absolute Gasteiger partial charge is 0.485 e. The molecule has 0 saturated carbocycles. The molecule has 0 radical (unpaired) electrons. The fourth-order valence-electron chi connectivity index (χ4n) is 3.69. The number of nitrogens with one attached hydrogen (secondary N) is 1. The van der Waals surface area contributed by atoms with Crippen LogP contribution in [0.1, 0.15) is 27.0 Å². The molecule has 0 aliphatic carbocycles. The number of hydrogen-bond acceptors (Lipinski definition) is 6. The van der Waals surface area contributed by atoms with Gasteiger partial charge in [0.25, 0.3) is 5.91 Å². The Morgan fingerprint density at radius 3 is 2.03 bits per heavy atom. The Hall–Kier alpha value is -4.65. The van der Waals surface area contributed by atoms with Gasteiger partial charge < -0.3 is 19.5 Å². The molecule has 0 bridgehead atoms. The molecule has 0 fully saturated rings. The first-order valence-electron chi connectivity index (χ1n) is 11.9. The molecule has 0 spiro atoms. The van der Waals surface area contributed by atoms with E-state index in [0.717, 1.165) is 16.7 Å². The van der Waals surface area contributed by atoms with Crippen molar-refractivity contribution in [2.45, 2.75) is 25.7 Å². The number of methoxy groups -OCH3 is 1. The highest BCUT2D eigenvalue weighted by Crippen LogP contribution is 2.30. The van der Waals surface area contributed by atoms with Crippen LogP contribution < -0.4 is 14.8 Å². The Bertz CT molecular complexity index is 1300. The number of pyridine rings is 1. The summed E-state index contributed by atoms with van der Waals surface area (Å²) in [5, 5.41) is 2.75. The molecule has 0 saturated heterocycles. The molecule has 1 aromatic heterocycles. The molecule has 3 aromatic carbocycles. The Morgan fingerprint density at radius 2 is 1.43 bits per heavy atom. The van der Waals surface area contributed by atoms with Crippen molar-refractivity contribution in [3.8, 4) is 11.5 Å². The minimum Gasteiger partial charge on any atom is -0.485 e. The van der Waals surface area contributed by atoms with Gasteiger partial charge in [-0.25, -0.2) is 4.79 Å². The zero-order valence-corrected chi connectivity index (χ0v) is 20.5. The van der Waals surface area contributed by atoms with Gasteiger partial charge in [-0.2, -0.15) is 0 Å².